The Morgan fingerprint density at radius 1 is 0.939 bits per heavy atom. The van der Waals surface area contributed by atoms with Crippen LogP contribution in [0.15, 0.2) is 88.7 Å². The van der Waals surface area contributed by atoms with E-state index in [1.54, 1.807) is 54.9 Å². The molecule has 3 aromatic heterocycles. The fourth-order valence-electron chi connectivity index (χ4n) is 3.65. The van der Waals surface area contributed by atoms with Crippen molar-refractivity contribution in [1.82, 2.24) is 15.1 Å². The van der Waals surface area contributed by atoms with Crippen molar-refractivity contribution < 1.29 is 17.3 Å². The van der Waals surface area contributed by atoms with Crippen molar-refractivity contribution in [2.75, 3.05) is 4.72 Å². The smallest absolute Gasteiger partial charge is 0.263 e. The van der Waals surface area contributed by atoms with Gasteiger partial charge in [-0.15, -0.1) is 0 Å². The van der Waals surface area contributed by atoms with Gasteiger partial charge in [0.25, 0.3) is 10.0 Å². The topological polar surface area (TPSA) is 98.0 Å². The summed E-state index contributed by atoms with van der Waals surface area (Å²) in [6.07, 6.45) is 4.49. The van der Waals surface area contributed by atoms with Crippen LogP contribution in [0.25, 0.3) is 33.3 Å². The number of aryl methyl sites for hydroxylation is 1. The molecule has 1 N–H and O–H groups in total. The molecule has 2 aromatic carbocycles. The zero-order chi connectivity index (χ0) is 23.0. The Hall–Kier alpha value is -4.11. The van der Waals surface area contributed by atoms with E-state index in [0.29, 0.717) is 27.9 Å². The number of hydrogen-bond donors (Lipinski definition) is 1. The van der Waals surface area contributed by atoms with Crippen LogP contribution in [0.2, 0.25) is 0 Å². The lowest BCUT2D eigenvalue weighted by molar-refractivity contribution is 0.423. The summed E-state index contributed by atoms with van der Waals surface area (Å²) in [4.78, 5) is 8.85. The molecule has 3 heterocycles. The average molecular weight is 460 g/mol. The van der Waals surface area contributed by atoms with Crippen LogP contribution in [0.3, 0.4) is 0 Å². The van der Waals surface area contributed by atoms with Gasteiger partial charge in [-0.3, -0.25) is 14.7 Å². The molecule has 0 radical (unpaired) electrons. The monoisotopic (exact) mass is 460 g/mol. The van der Waals surface area contributed by atoms with E-state index in [-0.39, 0.29) is 16.5 Å². The molecule has 0 saturated carbocycles. The lowest BCUT2D eigenvalue weighted by Gasteiger charge is -2.13. The van der Waals surface area contributed by atoms with Crippen LogP contribution in [0.4, 0.5) is 10.2 Å². The number of benzene rings is 2. The highest BCUT2D eigenvalue weighted by Crippen LogP contribution is 2.34. The third-order valence-electron chi connectivity index (χ3n) is 5.23. The Balaban J connectivity index is 1.62. The number of pyridine rings is 2. The molecule has 0 aliphatic carbocycles. The zero-order valence-corrected chi connectivity index (χ0v) is 18.2. The fourth-order valence-corrected chi connectivity index (χ4v) is 4.67. The molecule has 0 unspecified atom stereocenters. The molecule has 0 bridgehead atoms. The lowest BCUT2D eigenvalue weighted by Crippen LogP contribution is -2.13. The van der Waals surface area contributed by atoms with Crippen LogP contribution in [0.5, 0.6) is 0 Å². The standard InChI is InChI=1S/C24H17FN4O3S/c1-15-12-21(25)20(22-4-2-3-9-26-22)14-19(15)24-18-6-5-17(13-16(18)7-10-27-24)33(30,31)29-23-8-11-32-28-23/h2-14H,1H3,(H,28,29). The summed E-state index contributed by atoms with van der Waals surface area (Å²) < 4.78 is 47.3. The van der Waals surface area contributed by atoms with Gasteiger partial charge in [0.1, 0.15) is 12.1 Å². The summed E-state index contributed by atoms with van der Waals surface area (Å²) in [5, 5.41) is 4.99. The van der Waals surface area contributed by atoms with Crippen LogP contribution in [0, 0.1) is 12.7 Å². The molecule has 5 rings (SSSR count). The van der Waals surface area contributed by atoms with E-state index in [1.807, 2.05) is 6.92 Å². The SMILES string of the molecule is Cc1cc(F)c(-c2ccccn2)cc1-c1nccc2cc(S(=O)(=O)Nc3ccon3)ccc12. The molecule has 33 heavy (non-hydrogen) atoms. The Morgan fingerprint density at radius 2 is 1.82 bits per heavy atom. The number of nitrogens with zero attached hydrogens (tertiary/aromatic N) is 3. The van der Waals surface area contributed by atoms with Gasteiger partial charge in [-0.2, -0.15) is 0 Å². The number of hydrogen-bond acceptors (Lipinski definition) is 6. The average Bonchev–Trinajstić information content (AvgIpc) is 3.31. The Morgan fingerprint density at radius 3 is 2.58 bits per heavy atom. The molecule has 0 fully saturated rings. The molecule has 5 aromatic rings. The Bertz CT molecular complexity index is 1570. The van der Waals surface area contributed by atoms with Gasteiger partial charge >= 0.3 is 0 Å². The molecule has 0 aliphatic rings. The number of aromatic nitrogens is 3. The maximum absolute atomic E-state index is 14.7. The van der Waals surface area contributed by atoms with E-state index < -0.39 is 10.0 Å². The number of halogens is 1. The van der Waals surface area contributed by atoms with Crippen LogP contribution in [-0.2, 0) is 10.0 Å². The maximum Gasteiger partial charge on any atom is 0.263 e. The molecule has 0 atom stereocenters. The third-order valence-corrected chi connectivity index (χ3v) is 6.59. The molecule has 0 amide bonds. The third kappa shape index (κ3) is 3.94. The highest BCUT2D eigenvalue weighted by Gasteiger charge is 2.18. The second kappa shape index (κ2) is 8.10. The second-order valence-corrected chi connectivity index (χ2v) is 9.08. The van der Waals surface area contributed by atoms with Crippen LogP contribution < -0.4 is 4.72 Å². The first kappa shape index (κ1) is 20.8. The normalized spacial score (nSPS) is 11.6. The molecule has 0 saturated heterocycles. The van der Waals surface area contributed by atoms with E-state index in [0.717, 1.165) is 10.9 Å². The van der Waals surface area contributed by atoms with Gasteiger partial charge in [0, 0.05) is 35.0 Å². The predicted molar refractivity (Wildman–Crippen MR) is 122 cm³/mol. The van der Waals surface area contributed by atoms with Gasteiger partial charge in [-0.25, -0.2) is 12.8 Å². The predicted octanol–water partition coefficient (Wildman–Crippen LogP) is 5.20. The second-order valence-electron chi connectivity index (χ2n) is 7.39. The highest BCUT2D eigenvalue weighted by molar-refractivity contribution is 7.92. The first-order chi connectivity index (χ1) is 15.9. The highest BCUT2D eigenvalue weighted by atomic mass is 32.2. The molecular weight excluding hydrogens is 443 g/mol. The summed E-state index contributed by atoms with van der Waals surface area (Å²) in [5.41, 5.74) is 2.95. The molecule has 7 nitrogen and oxygen atoms in total. The molecule has 0 aliphatic heterocycles. The Labute approximate surface area is 189 Å². The van der Waals surface area contributed by atoms with E-state index >= 15 is 0 Å². The maximum atomic E-state index is 14.7. The summed E-state index contributed by atoms with van der Waals surface area (Å²) in [6, 6.07) is 16.4. The van der Waals surface area contributed by atoms with Crippen LogP contribution in [-0.4, -0.2) is 23.5 Å². The van der Waals surface area contributed by atoms with Crippen molar-refractivity contribution in [3.05, 3.63) is 90.7 Å². The van der Waals surface area contributed by atoms with Gasteiger partial charge in [-0.1, -0.05) is 17.3 Å². The van der Waals surface area contributed by atoms with Crippen molar-refractivity contribution in [3.8, 4) is 22.5 Å². The van der Waals surface area contributed by atoms with E-state index in [1.165, 1.54) is 24.5 Å². The summed E-state index contributed by atoms with van der Waals surface area (Å²) in [5.74, 6) is -0.281. The van der Waals surface area contributed by atoms with Crippen molar-refractivity contribution in [2.45, 2.75) is 11.8 Å². The first-order valence-electron chi connectivity index (χ1n) is 9.96. The van der Waals surface area contributed by atoms with Gasteiger partial charge in [0.05, 0.1) is 16.3 Å². The van der Waals surface area contributed by atoms with Crippen molar-refractivity contribution in [1.29, 1.82) is 0 Å². The van der Waals surface area contributed by atoms with Crippen molar-refractivity contribution in [2.24, 2.45) is 0 Å². The molecular formula is C24H17FN4O3S. The lowest BCUT2D eigenvalue weighted by atomic mass is 9.96. The minimum Gasteiger partial charge on any atom is -0.363 e. The van der Waals surface area contributed by atoms with Gasteiger partial charge < -0.3 is 4.52 Å². The largest absolute Gasteiger partial charge is 0.363 e. The summed E-state index contributed by atoms with van der Waals surface area (Å²) >= 11 is 0. The molecule has 164 valence electrons. The number of anilines is 1. The van der Waals surface area contributed by atoms with Gasteiger partial charge in [0.2, 0.25) is 0 Å². The zero-order valence-electron chi connectivity index (χ0n) is 17.4. The van der Waals surface area contributed by atoms with Gasteiger partial charge in [0.15, 0.2) is 5.82 Å². The Kier molecular flexibility index (Phi) is 5.10. The van der Waals surface area contributed by atoms with Crippen LogP contribution in [0.1, 0.15) is 5.56 Å². The minimum absolute atomic E-state index is 0.0696. The van der Waals surface area contributed by atoms with E-state index in [2.05, 4.69) is 24.4 Å². The number of fused-ring (bicyclic) bond motifs is 1. The first-order valence-corrected chi connectivity index (χ1v) is 11.4. The van der Waals surface area contributed by atoms with Crippen LogP contribution >= 0.6 is 0 Å². The number of sulfonamides is 1. The molecule has 0 spiro atoms. The van der Waals surface area contributed by atoms with Crippen molar-refractivity contribution >= 4 is 26.6 Å². The van der Waals surface area contributed by atoms with Gasteiger partial charge in [-0.05, 0) is 60.3 Å². The summed E-state index contributed by atoms with van der Waals surface area (Å²) in [6.45, 7) is 1.81. The number of rotatable bonds is 5. The van der Waals surface area contributed by atoms with E-state index in [4.69, 9.17) is 0 Å². The van der Waals surface area contributed by atoms with Crippen molar-refractivity contribution in [3.63, 3.8) is 0 Å². The van der Waals surface area contributed by atoms with E-state index in [9.17, 15) is 12.8 Å². The minimum atomic E-state index is -3.86. The number of nitrogens with one attached hydrogen (secondary N) is 1. The molecule has 9 heteroatoms. The fraction of sp³-hybridized carbons (Fsp3) is 0.0417. The quantitative estimate of drug-likeness (QED) is 0.387. The summed E-state index contributed by atoms with van der Waals surface area (Å²) in [7, 11) is -3.86.